The molecule has 0 saturated carbocycles. The van der Waals surface area contributed by atoms with Gasteiger partial charge in [-0.05, 0) is 37.4 Å². The van der Waals surface area contributed by atoms with Crippen LogP contribution in [0.4, 0.5) is 11.4 Å². The third kappa shape index (κ3) is 2.53. The average molecular weight is 282 g/mol. The molecule has 0 aliphatic carbocycles. The molecule has 2 saturated heterocycles. The van der Waals surface area contributed by atoms with Gasteiger partial charge in [0.1, 0.15) is 5.69 Å². The number of hydrogen-bond acceptors (Lipinski definition) is 4. The highest BCUT2D eigenvalue weighted by atomic mass is 35.5. The maximum absolute atomic E-state index is 11.0. The molecule has 6 heteroatoms. The quantitative estimate of drug-likeness (QED) is 0.684. The van der Waals surface area contributed by atoms with Gasteiger partial charge in [-0.15, -0.1) is 0 Å². The molecular weight excluding hydrogens is 266 g/mol. The van der Waals surface area contributed by atoms with Gasteiger partial charge in [-0.25, -0.2) is 0 Å². The first-order valence-corrected chi connectivity index (χ1v) is 6.94. The summed E-state index contributed by atoms with van der Waals surface area (Å²) in [4.78, 5) is 13.1. The molecule has 3 rings (SSSR count). The van der Waals surface area contributed by atoms with Crippen molar-refractivity contribution in [3.8, 4) is 0 Å². The summed E-state index contributed by atoms with van der Waals surface area (Å²) < 4.78 is 0. The third-order valence-electron chi connectivity index (χ3n) is 4.13. The number of rotatable bonds is 3. The molecule has 1 N–H and O–H groups in total. The first kappa shape index (κ1) is 12.7. The fraction of sp³-hybridized carbons (Fsp3) is 0.538. The van der Waals surface area contributed by atoms with E-state index in [0.717, 1.165) is 26.1 Å². The lowest BCUT2D eigenvalue weighted by molar-refractivity contribution is -0.384. The van der Waals surface area contributed by atoms with E-state index in [1.807, 2.05) is 0 Å². The van der Waals surface area contributed by atoms with E-state index in [2.05, 4.69) is 10.2 Å². The molecular formula is C13H16ClN3O2. The number of halogens is 1. The number of benzene rings is 1. The van der Waals surface area contributed by atoms with Crippen molar-refractivity contribution in [2.45, 2.75) is 18.9 Å². The molecule has 0 amide bonds. The molecule has 2 aliphatic rings. The Morgan fingerprint density at radius 3 is 2.95 bits per heavy atom. The SMILES string of the molecule is O=[N+]([O-])c1ccc(Cl)cc1NC1CCN2CCC1C2. The van der Waals surface area contributed by atoms with Crippen molar-refractivity contribution in [2.75, 3.05) is 25.0 Å². The molecule has 0 spiro atoms. The molecule has 2 aliphatic heterocycles. The molecule has 102 valence electrons. The van der Waals surface area contributed by atoms with E-state index in [1.165, 1.54) is 12.5 Å². The molecule has 2 fully saturated rings. The lowest BCUT2D eigenvalue weighted by Gasteiger charge is -2.31. The van der Waals surface area contributed by atoms with Crippen LogP contribution in [0, 0.1) is 16.0 Å². The third-order valence-corrected chi connectivity index (χ3v) is 4.37. The summed E-state index contributed by atoms with van der Waals surface area (Å²) in [5, 5.41) is 14.9. The van der Waals surface area contributed by atoms with Crippen molar-refractivity contribution in [2.24, 2.45) is 5.92 Å². The van der Waals surface area contributed by atoms with Gasteiger partial charge in [0.15, 0.2) is 0 Å². The van der Waals surface area contributed by atoms with Gasteiger partial charge in [0.25, 0.3) is 5.69 Å². The van der Waals surface area contributed by atoms with E-state index >= 15 is 0 Å². The zero-order chi connectivity index (χ0) is 13.4. The Labute approximate surface area is 116 Å². The first-order chi connectivity index (χ1) is 9.13. The van der Waals surface area contributed by atoms with Crippen LogP contribution in [0.3, 0.4) is 0 Å². The van der Waals surface area contributed by atoms with Gasteiger partial charge in [0, 0.05) is 30.2 Å². The zero-order valence-corrected chi connectivity index (χ0v) is 11.3. The van der Waals surface area contributed by atoms with E-state index in [-0.39, 0.29) is 10.6 Å². The lowest BCUT2D eigenvalue weighted by Crippen LogP contribution is -2.39. The highest BCUT2D eigenvalue weighted by molar-refractivity contribution is 6.31. The molecule has 5 nitrogen and oxygen atoms in total. The topological polar surface area (TPSA) is 58.4 Å². The van der Waals surface area contributed by atoms with Gasteiger partial charge in [-0.3, -0.25) is 10.1 Å². The standard InChI is InChI=1S/C13H16ClN3O2/c14-10-1-2-13(17(18)19)12(7-10)15-11-4-6-16-5-3-9(11)8-16/h1-2,7,9,11,15H,3-6,8H2. The number of piperidine rings is 1. The molecule has 1 aromatic rings. The van der Waals surface area contributed by atoms with E-state index in [4.69, 9.17) is 11.6 Å². The van der Waals surface area contributed by atoms with E-state index in [9.17, 15) is 10.1 Å². The van der Waals surface area contributed by atoms with Crippen LogP contribution < -0.4 is 5.32 Å². The molecule has 0 radical (unpaired) electrons. The van der Waals surface area contributed by atoms with Crippen LogP contribution in [0.15, 0.2) is 18.2 Å². The van der Waals surface area contributed by atoms with Gasteiger partial charge in [-0.1, -0.05) is 11.6 Å². The Hall–Kier alpha value is -1.33. The summed E-state index contributed by atoms with van der Waals surface area (Å²) >= 11 is 5.95. The van der Waals surface area contributed by atoms with E-state index < -0.39 is 0 Å². The highest BCUT2D eigenvalue weighted by Crippen LogP contribution is 2.33. The van der Waals surface area contributed by atoms with Crippen LogP contribution in [0.5, 0.6) is 0 Å². The highest BCUT2D eigenvalue weighted by Gasteiger charge is 2.34. The average Bonchev–Trinajstić information content (AvgIpc) is 2.75. The van der Waals surface area contributed by atoms with Crippen LogP contribution in [-0.4, -0.2) is 35.5 Å². The van der Waals surface area contributed by atoms with Gasteiger partial charge in [0.2, 0.25) is 0 Å². The number of nitrogens with one attached hydrogen (secondary N) is 1. The van der Waals surface area contributed by atoms with E-state index in [0.29, 0.717) is 22.7 Å². The van der Waals surface area contributed by atoms with Crippen LogP contribution in [0.1, 0.15) is 12.8 Å². The van der Waals surface area contributed by atoms with Gasteiger partial charge >= 0.3 is 0 Å². The number of fused-ring (bicyclic) bond motifs is 2. The van der Waals surface area contributed by atoms with Crippen molar-refractivity contribution in [3.63, 3.8) is 0 Å². The summed E-state index contributed by atoms with van der Waals surface area (Å²) in [5.41, 5.74) is 0.646. The van der Waals surface area contributed by atoms with Crippen molar-refractivity contribution < 1.29 is 4.92 Å². The van der Waals surface area contributed by atoms with Gasteiger partial charge < -0.3 is 10.2 Å². The van der Waals surface area contributed by atoms with Crippen molar-refractivity contribution in [1.82, 2.24) is 4.90 Å². The molecule has 0 aromatic heterocycles. The molecule has 1 aromatic carbocycles. The second-order valence-electron chi connectivity index (χ2n) is 5.31. The summed E-state index contributed by atoms with van der Waals surface area (Å²) in [5.74, 6) is 0.590. The molecule has 2 bridgehead atoms. The summed E-state index contributed by atoms with van der Waals surface area (Å²) in [6, 6.07) is 4.99. The van der Waals surface area contributed by atoms with Crippen LogP contribution in [0.2, 0.25) is 5.02 Å². The van der Waals surface area contributed by atoms with Gasteiger partial charge in [0.05, 0.1) is 4.92 Å². The minimum Gasteiger partial charge on any atom is -0.376 e. The number of anilines is 1. The van der Waals surface area contributed by atoms with Crippen molar-refractivity contribution >= 4 is 23.0 Å². The summed E-state index contributed by atoms with van der Waals surface area (Å²) in [6.45, 7) is 3.33. The fourth-order valence-electron chi connectivity index (χ4n) is 3.12. The number of nitro benzene ring substituents is 1. The molecule has 2 heterocycles. The maximum Gasteiger partial charge on any atom is 0.292 e. The summed E-state index contributed by atoms with van der Waals surface area (Å²) in [7, 11) is 0. The molecule has 3 atom stereocenters. The molecule has 3 unspecified atom stereocenters. The van der Waals surface area contributed by atoms with E-state index in [1.54, 1.807) is 12.1 Å². The zero-order valence-electron chi connectivity index (χ0n) is 10.5. The van der Waals surface area contributed by atoms with Crippen molar-refractivity contribution in [3.05, 3.63) is 33.3 Å². The second kappa shape index (κ2) is 4.98. The summed E-state index contributed by atoms with van der Waals surface area (Å²) in [6.07, 6.45) is 2.21. The number of nitrogens with zero attached hydrogens (tertiary/aromatic N) is 2. The second-order valence-corrected chi connectivity index (χ2v) is 5.74. The lowest BCUT2D eigenvalue weighted by atomic mass is 9.94. The Morgan fingerprint density at radius 2 is 2.16 bits per heavy atom. The van der Waals surface area contributed by atoms with Crippen LogP contribution in [-0.2, 0) is 0 Å². The molecule has 19 heavy (non-hydrogen) atoms. The smallest absolute Gasteiger partial charge is 0.292 e. The van der Waals surface area contributed by atoms with Crippen LogP contribution >= 0.6 is 11.6 Å². The Balaban J connectivity index is 1.82. The fourth-order valence-corrected chi connectivity index (χ4v) is 3.30. The Kier molecular flexibility index (Phi) is 3.33. The minimum atomic E-state index is -0.359. The number of nitro groups is 1. The minimum absolute atomic E-state index is 0.102. The predicted octanol–water partition coefficient (Wildman–Crippen LogP) is 2.75. The van der Waals surface area contributed by atoms with Crippen molar-refractivity contribution in [1.29, 1.82) is 0 Å². The maximum atomic E-state index is 11.0. The first-order valence-electron chi connectivity index (χ1n) is 6.56. The largest absolute Gasteiger partial charge is 0.376 e. The normalized spacial score (nSPS) is 29.2. The van der Waals surface area contributed by atoms with Gasteiger partial charge in [-0.2, -0.15) is 0 Å². The number of hydrogen-bond donors (Lipinski definition) is 1. The Morgan fingerprint density at radius 1 is 1.37 bits per heavy atom. The Bertz CT molecular complexity index is 509. The van der Waals surface area contributed by atoms with Crippen LogP contribution in [0.25, 0.3) is 0 Å². The monoisotopic (exact) mass is 281 g/mol. The predicted molar refractivity (Wildman–Crippen MR) is 74.7 cm³/mol.